The van der Waals surface area contributed by atoms with Crippen LogP contribution in [0.4, 0.5) is 5.69 Å². The van der Waals surface area contributed by atoms with Gasteiger partial charge >= 0.3 is 0 Å². The molecule has 0 saturated heterocycles. The Hall–Kier alpha value is -1.81. The molecular formula is C17H19NO2S. The Morgan fingerprint density at radius 2 is 1.81 bits per heavy atom. The minimum Gasteiger partial charge on any atom is -0.497 e. The molecule has 1 N–H and O–H groups in total. The molecule has 1 aliphatic heterocycles. The average Bonchev–Trinajstić information content (AvgIpc) is 2.95. The van der Waals surface area contributed by atoms with Crippen LogP contribution >= 0.6 is 11.8 Å². The van der Waals surface area contributed by atoms with Crippen molar-refractivity contribution in [1.82, 2.24) is 0 Å². The van der Waals surface area contributed by atoms with Crippen molar-refractivity contribution < 1.29 is 9.47 Å². The Morgan fingerprint density at radius 1 is 1.10 bits per heavy atom. The van der Waals surface area contributed by atoms with Gasteiger partial charge in [-0.25, -0.2) is 0 Å². The molecule has 2 aromatic carbocycles. The normalized spacial score (nSPS) is 16.4. The van der Waals surface area contributed by atoms with Crippen LogP contribution in [0.15, 0.2) is 47.4 Å². The van der Waals surface area contributed by atoms with Crippen LogP contribution < -0.4 is 14.8 Å². The van der Waals surface area contributed by atoms with Crippen molar-refractivity contribution in [3.05, 3.63) is 48.0 Å². The maximum atomic E-state index is 5.29. The topological polar surface area (TPSA) is 30.5 Å². The lowest BCUT2D eigenvalue weighted by Gasteiger charge is -2.13. The fraction of sp³-hybridized carbons (Fsp3) is 0.294. The van der Waals surface area contributed by atoms with Gasteiger partial charge in [-0.2, -0.15) is 0 Å². The van der Waals surface area contributed by atoms with Crippen molar-refractivity contribution in [3.8, 4) is 11.5 Å². The Bertz CT molecular complexity index is 583. The van der Waals surface area contributed by atoms with E-state index in [1.165, 1.54) is 10.5 Å². The Morgan fingerprint density at radius 3 is 2.48 bits per heavy atom. The largest absolute Gasteiger partial charge is 0.497 e. The Labute approximate surface area is 129 Å². The number of rotatable bonds is 5. The van der Waals surface area contributed by atoms with Crippen molar-refractivity contribution in [2.24, 2.45) is 0 Å². The molecule has 0 aliphatic carbocycles. The summed E-state index contributed by atoms with van der Waals surface area (Å²) in [5, 5.41) is 4.06. The first-order chi connectivity index (χ1) is 10.3. The highest BCUT2D eigenvalue weighted by Crippen LogP contribution is 2.37. The number of methoxy groups -OCH3 is 2. The third-order valence-corrected chi connectivity index (χ3v) is 4.92. The van der Waals surface area contributed by atoms with Gasteiger partial charge in [-0.3, -0.25) is 0 Å². The van der Waals surface area contributed by atoms with Crippen LogP contribution in [-0.2, 0) is 6.42 Å². The molecule has 1 heterocycles. The quantitative estimate of drug-likeness (QED) is 0.909. The minimum atomic E-state index is 0.569. The molecular weight excluding hydrogens is 282 g/mol. The van der Waals surface area contributed by atoms with Crippen LogP contribution in [0.2, 0.25) is 0 Å². The summed E-state index contributed by atoms with van der Waals surface area (Å²) in [7, 11) is 3.34. The summed E-state index contributed by atoms with van der Waals surface area (Å²) in [4.78, 5) is 1.41. The summed E-state index contributed by atoms with van der Waals surface area (Å²) < 4.78 is 10.6. The zero-order chi connectivity index (χ0) is 14.7. The van der Waals surface area contributed by atoms with E-state index in [-0.39, 0.29) is 0 Å². The van der Waals surface area contributed by atoms with Gasteiger partial charge in [-0.15, -0.1) is 11.8 Å². The molecule has 0 aromatic heterocycles. The van der Waals surface area contributed by atoms with Crippen LogP contribution in [0.5, 0.6) is 11.5 Å². The standard InChI is InChI=1S/C17H19NO2S/c1-19-14-8-13(9-15(10-14)20-2)18-11-16-7-12-5-3-4-6-17(12)21-16/h3-6,8-10,16,18H,7,11H2,1-2H3. The fourth-order valence-electron chi connectivity index (χ4n) is 2.51. The minimum absolute atomic E-state index is 0.569. The van der Waals surface area contributed by atoms with Gasteiger partial charge in [-0.1, -0.05) is 18.2 Å². The molecule has 0 bridgehead atoms. The van der Waals surface area contributed by atoms with Gasteiger partial charge in [0.25, 0.3) is 0 Å². The van der Waals surface area contributed by atoms with E-state index in [2.05, 4.69) is 29.6 Å². The molecule has 1 atom stereocenters. The molecule has 4 heteroatoms. The molecule has 0 saturated carbocycles. The highest BCUT2D eigenvalue weighted by atomic mass is 32.2. The Balaban J connectivity index is 1.64. The lowest BCUT2D eigenvalue weighted by atomic mass is 10.1. The second kappa shape index (κ2) is 6.31. The second-order valence-electron chi connectivity index (χ2n) is 5.03. The van der Waals surface area contributed by atoms with Crippen molar-refractivity contribution in [3.63, 3.8) is 0 Å². The molecule has 21 heavy (non-hydrogen) atoms. The highest BCUT2D eigenvalue weighted by Gasteiger charge is 2.21. The molecule has 0 fully saturated rings. The average molecular weight is 301 g/mol. The van der Waals surface area contributed by atoms with Gasteiger partial charge in [0.1, 0.15) is 11.5 Å². The molecule has 0 spiro atoms. The number of hydrogen-bond acceptors (Lipinski definition) is 4. The predicted molar refractivity (Wildman–Crippen MR) is 87.8 cm³/mol. The van der Waals surface area contributed by atoms with Gasteiger partial charge in [0, 0.05) is 40.6 Å². The maximum absolute atomic E-state index is 5.29. The molecule has 1 unspecified atom stereocenters. The first-order valence-corrected chi connectivity index (χ1v) is 7.88. The molecule has 1 aliphatic rings. The first kappa shape index (κ1) is 14.1. The van der Waals surface area contributed by atoms with Crippen LogP contribution in [-0.4, -0.2) is 26.0 Å². The van der Waals surface area contributed by atoms with Crippen molar-refractivity contribution in [1.29, 1.82) is 0 Å². The van der Waals surface area contributed by atoms with Gasteiger partial charge in [0.15, 0.2) is 0 Å². The summed E-state index contributed by atoms with van der Waals surface area (Å²) in [6.45, 7) is 0.926. The maximum Gasteiger partial charge on any atom is 0.124 e. The molecule has 3 nitrogen and oxygen atoms in total. The van der Waals surface area contributed by atoms with Crippen LogP contribution in [0, 0.1) is 0 Å². The monoisotopic (exact) mass is 301 g/mol. The number of anilines is 1. The summed E-state index contributed by atoms with van der Waals surface area (Å²) >= 11 is 1.95. The van der Waals surface area contributed by atoms with E-state index < -0.39 is 0 Å². The van der Waals surface area contributed by atoms with Crippen LogP contribution in [0.1, 0.15) is 5.56 Å². The lowest BCUT2D eigenvalue weighted by Crippen LogP contribution is -2.15. The number of fused-ring (bicyclic) bond motifs is 1. The molecule has 110 valence electrons. The van der Waals surface area contributed by atoms with E-state index in [9.17, 15) is 0 Å². The number of thioether (sulfide) groups is 1. The summed E-state index contributed by atoms with van der Waals surface area (Å²) in [5.74, 6) is 1.61. The third-order valence-electron chi connectivity index (χ3n) is 3.60. The third kappa shape index (κ3) is 3.27. The van der Waals surface area contributed by atoms with E-state index in [1.807, 2.05) is 30.0 Å². The zero-order valence-electron chi connectivity index (χ0n) is 12.3. The van der Waals surface area contributed by atoms with Crippen molar-refractivity contribution >= 4 is 17.4 Å². The second-order valence-corrected chi connectivity index (χ2v) is 6.38. The number of ether oxygens (including phenoxy) is 2. The van der Waals surface area contributed by atoms with E-state index in [4.69, 9.17) is 9.47 Å². The molecule has 0 radical (unpaired) electrons. The SMILES string of the molecule is COc1cc(NCC2Cc3ccccc3S2)cc(OC)c1. The predicted octanol–water partition coefficient (Wildman–Crippen LogP) is 3.83. The van der Waals surface area contributed by atoms with Gasteiger partial charge in [0.2, 0.25) is 0 Å². The van der Waals surface area contributed by atoms with E-state index in [0.717, 1.165) is 30.2 Å². The number of benzene rings is 2. The van der Waals surface area contributed by atoms with Crippen molar-refractivity contribution in [2.75, 3.05) is 26.1 Å². The van der Waals surface area contributed by atoms with E-state index >= 15 is 0 Å². The molecule has 2 aromatic rings. The van der Waals surface area contributed by atoms with Gasteiger partial charge in [0.05, 0.1) is 14.2 Å². The Kier molecular flexibility index (Phi) is 4.25. The van der Waals surface area contributed by atoms with Gasteiger partial charge < -0.3 is 14.8 Å². The smallest absolute Gasteiger partial charge is 0.124 e. The van der Waals surface area contributed by atoms with E-state index in [0.29, 0.717) is 5.25 Å². The number of nitrogens with one attached hydrogen (secondary N) is 1. The lowest BCUT2D eigenvalue weighted by molar-refractivity contribution is 0.394. The summed E-state index contributed by atoms with van der Waals surface area (Å²) in [6, 6.07) is 14.5. The van der Waals surface area contributed by atoms with Crippen LogP contribution in [0.3, 0.4) is 0 Å². The molecule has 0 amide bonds. The fourth-order valence-corrected chi connectivity index (χ4v) is 3.76. The highest BCUT2D eigenvalue weighted by molar-refractivity contribution is 8.00. The van der Waals surface area contributed by atoms with Crippen molar-refractivity contribution in [2.45, 2.75) is 16.6 Å². The summed E-state index contributed by atoms with van der Waals surface area (Å²) in [6.07, 6.45) is 1.12. The first-order valence-electron chi connectivity index (χ1n) is 7.00. The van der Waals surface area contributed by atoms with Gasteiger partial charge in [-0.05, 0) is 18.1 Å². The zero-order valence-corrected chi connectivity index (χ0v) is 13.1. The molecule has 3 rings (SSSR count). The van der Waals surface area contributed by atoms with Crippen LogP contribution in [0.25, 0.3) is 0 Å². The van der Waals surface area contributed by atoms with E-state index in [1.54, 1.807) is 14.2 Å². The number of hydrogen-bond donors (Lipinski definition) is 1. The summed E-state index contributed by atoms with van der Waals surface area (Å²) in [5.41, 5.74) is 2.49.